The van der Waals surface area contributed by atoms with E-state index in [1.54, 1.807) is 0 Å². The van der Waals surface area contributed by atoms with Crippen molar-refractivity contribution in [3.8, 4) is 0 Å². The van der Waals surface area contributed by atoms with Crippen LogP contribution in [0.2, 0.25) is 0 Å². The van der Waals surface area contributed by atoms with Crippen LogP contribution >= 0.6 is 0 Å². The first-order valence-corrected chi connectivity index (χ1v) is 9.93. The van der Waals surface area contributed by atoms with Gasteiger partial charge in [-0.2, -0.15) is 0 Å². The van der Waals surface area contributed by atoms with Gasteiger partial charge in [0.05, 0.1) is 5.92 Å². The van der Waals surface area contributed by atoms with Crippen LogP contribution in [-0.4, -0.2) is 12.1 Å². The molecule has 0 aliphatic heterocycles. The van der Waals surface area contributed by atoms with Crippen LogP contribution in [0, 0.1) is 41.4 Å². The molecule has 7 atom stereocenters. The number of fused-ring (bicyclic) bond motifs is 5. The number of esters is 1. The maximum absolute atomic E-state index is 12.7. The highest BCUT2D eigenvalue weighted by molar-refractivity contribution is 5.74. The third-order valence-corrected chi connectivity index (χ3v) is 7.76. The highest BCUT2D eigenvalue weighted by Gasteiger charge is 2.61. The number of ether oxygens (including phenoxy) is 1. The minimum Gasteiger partial charge on any atom is -0.462 e. The second-order valence-electron chi connectivity index (χ2n) is 8.57. The fourth-order valence-electron chi connectivity index (χ4n) is 6.92. The van der Waals surface area contributed by atoms with Crippen molar-refractivity contribution in [3.05, 3.63) is 0 Å². The smallest absolute Gasteiger partial charge is 0.309 e. The largest absolute Gasteiger partial charge is 0.462 e. The highest BCUT2D eigenvalue weighted by Crippen LogP contribution is 2.65. The van der Waals surface area contributed by atoms with Crippen LogP contribution in [0.5, 0.6) is 0 Å². The number of hydrogen-bond donors (Lipinski definition) is 0. The van der Waals surface area contributed by atoms with Gasteiger partial charge in [0, 0.05) is 0 Å². The van der Waals surface area contributed by atoms with E-state index in [2.05, 4.69) is 13.8 Å². The van der Waals surface area contributed by atoms with E-state index in [4.69, 9.17) is 4.74 Å². The second-order valence-corrected chi connectivity index (χ2v) is 8.57. The quantitative estimate of drug-likeness (QED) is 0.696. The Balaban J connectivity index is 1.46. The average Bonchev–Trinajstić information content (AvgIpc) is 3.27. The lowest BCUT2D eigenvalue weighted by atomic mass is 9.70. The van der Waals surface area contributed by atoms with Gasteiger partial charge in [-0.05, 0) is 80.5 Å². The van der Waals surface area contributed by atoms with Gasteiger partial charge in [0.25, 0.3) is 0 Å². The van der Waals surface area contributed by atoms with E-state index in [1.165, 1.54) is 38.5 Å². The molecular weight excluding hydrogens is 272 g/mol. The third kappa shape index (κ3) is 2.24. The molecule has 4 saturated carbocycles. The third-order valence-electron chi connectivity index (χ3n) is 7.76. The van der Waals surface area contributed by atoms with Crippen molar-refractivity contribution >= 4 is 5.97 Å². The van der Waals surface area contributed by atoms with Crippen molar-refractivity contribution in [3.63, 3.8) is 0 Å². The fourth-order valence-corrected chi connectivity index (χ4v) is 6.92. The molecule has 2 nitrogen and oxygen atoms in total. The van der Waals surface area contributed by atoms with Gasteiger partial charge in [-0.3, -0.25) is 4.79 Å². The summed E-state index contributed by atoms with van der Waals surface area (Å²) in [5, 5.41) is 0. The fraction of sp³-hybridized carbons (Fsp3) is 0.950. The van der Waals surface area contributed by atoms with Gasteiger partial charge in [0.1, 0.15) is 6.10 Å². The summed E-state index contributed by atoms with van der Waals surface area (Å²) < 4.78 is 5.88. The minimum absolute atomic E-state index is 0.174. The number of carbonyl (C=O) groups is 1. The standard InChI is InChI=1S/C20H32O2/c1-3-12-9-13(4-2)19-16-10-14(18(12)19)11-17(16)20(21)22-15-7-5-6-8-15/h12-19H,3-11H2,1-2H3. The number of hydrogen-bond acceptors (Lipinski definition) is 2. The van der Waals surface area contributed by atoms with Crippen molar-refractivity contribution in [1.82, 2.24) is 0 Å². The van der Waals surface area contributed by atoms with E-state index < -0.39 is 0 Å². The lowest BCUT2D eigenvalue weighted by Gasteiger charge is -2.35. The zero-order valence-corrected chi connectivity index (χ0v) is 14.3. The topological polar surface area (TPSA) is 26.3 Å². The van der Waals surface area contributed by atoms with Gasteiger partial charge in [-0.25, -0.2) is 0 Å². The highest BCUT2D eigenvalue weighted by atomic mass is 16.5. The molecule has 2 bridgehead atoms. The zero-order chi connectivity index (χ0) is 15.3. The molecule has 4 aliphatic carbocycles. The summed E-state index contributed by atoms with van der Waals surface area (Å²) in [4.78, 5) is 12.7. The summed E-state index contributed by atoms with van der Waals surface area (Å²) in [5.41, 5.74) is 0. The lowest BCUT2D eigenvalue weighted by Crippen LogP contribution is -2.35. The lowest BCUT2D eigenvalue weighted by molar-refractivity contribution is -0.157. The first-order valence-electron chi connectivity index (χ1n) is 9.93. The summed E-state index contributed by atoms with van der Waals surface area (Å²) in [5.74, 6) is 5.52. The average molecular weight is 304 g/mol. The van der Waals surface area contributed by atoms with Crippen LogP contribution in [0.4, 0.5) is 0 Å². The van der Waals surface area contributed by atoms with Gasteiger partial charge in [0.15, 0.2) is 0 Å². The molecule has 0 aromatic carbocycles. The van der Waals surface area contributed by atoms with Crippen molar-refractivity contribution in [2.45, 2.75) is 77.7 Å². The molecule has 4 fully saturated rings. The van der Waals surface area contributed by atoms with E-state index in [9.17, 15) is 4.79 Å². The van der Waals surface area contributed by atoms with Crippen molar-refractivity contribution < 1.29 is 9.53 Å². The van der Waals surface area contributed by atoms with Crippen LogP contribution in [0.1, 0.15) is 71.6 Å². The van der Waals surface area contributed by atoms with Crippen LogP contribution in [0.15, 0.2) is 0 Å². The molecule has 7 unspecified atom stereocenters. The van der Waals surface area contributed by atoms with Crippen molar-refractivity contribution in [2.75, 3.05) is 0 Å². The van der Waals surface area contributed by atoms with Crippen LogP contribution in [-0.2, 0) is 9.53 Å². The summed E-state index contributed by atoms with van der Waals surface area (Å²) in [6.45, 7) is 4.73. The molecular formula is C20H32O2. The van der Waals surface area contributed by atoms with Gasteiger partial charge in [-0.15, -0.1) is 0 Å². The molecule has 0 spiro atoms. The molecule has 0 aromatic heterocycles. The molecule has 4 rings (SSSR count). The predicted octanol–water partition coefficient (Wildman–Crippen LogP) is 4.82. The first-order chi connectivity index (χ1) is 10.7. The Morgan fingerprint density at radius 1 is 0.955 bits per heavy atom. The molecule has 0 saturated heterocycles. The Kier molecular flexibility index (Phi) is 3.98. The Hall–Kier alpha value is -0.530. The van der Waals surface area contributed by atoms with Gasteiger partial charge in [0.2, 0.25) is 0 Å². The van der Waals surface area contributed by atoms with E-state index in [0.717, 1.165) is 48.9 Å². The molecule has 0 aromatic rings. The first kappa shape index (κ1) is 15.0. The Morgan fingerprint density at radius 2 is 1.64 bits per heavy atom. The molecule has 0 amide bonds. The van der Waals surface area contributed by atoms with E-state index in [-0.39, 0.29) is 18.0 Å². The minimum atomic E-state index is 0.174. The van der Waals surface area contributed by atoms with E-state index in [1.807, 2.05) is 0 Å². The van der Waals surface area contributed by atoms with Crippen LogP contribution in [0.3, 0.4) is 0 Å². The molecule has 2 heteroatoms. The van der Waals surface area contributed by atoms with Gasteiger partial charge >= 0.3 is 5.97 Å². The van der Waals surface area contributed by atoms with Crippen LogP contribution < -0.4 is 0 Å². The molecule has 0 radical (unpaired) electrons. The monoisotopic (exact) mass is 304 g/mol. The molecule has 124 valence electrons. The number of carbonyl (C=O) groups excluding carboxylic acids is 1. The van der Waals surface area contributed by atoms with Gasteiger partial charge in [-0.1, -0.05) is 26.7 Å². The molecule has 22 heavy (non-hydrogen) atoms. The SMILES string of the molecule is CCC1CC(CC)C2C3CC(CC3C(=O)OC3CCCC3)C12. The predicted molar refractivity (Wildman–Crippen MR) is 87.2 cm³/mol. The Bertz CT molecular complexity index is 425. The summed E-state index contributed by atoms with van der Waals surface area (Å²) in [7, 11) is 0. The van der Waals surface area contributed by atoms with Crippen LogP contribution in [0.25, 0.3) is 0 Å². The van der Waals surface area contributed by atoms with Crippen molar-refractivity contribution in [1.29, 1.82) is 0 Å². The summed E-state index contributed by atoms with van der Waals surface area (Å²) in [6, 6.07) is 0. The van der Waals surface area contributed by atoms with Gasteiger partial charge < -0.3 is 4.74 Å². The maximum atomic E-state index is 12.7. The summed E-state index contributed by atoms with van der Waals surface area (Å²) in [6.07, 6.45) is 11.5. The van der Waals surface area contributed by atoms with E-state index in [0.29, 0.717) is 5.92 Å². The normalized spacial score (nSPS) is 47.1. The van der Waals surface area contributed by atoms with Crippen molar-refractivity contribution in [2.24, 2.45) is 41.4 Å². The molecule has 0 heterocycles. The maximum Gasteiger partial charge on any atom is 0.309 e. The Labute approximate surface area is 135 Å². The van der Waals surface area contributed by atoms with E-state index >= 15 is 0 Å². The molecule has 0 N–H and O–H groups in total. The summed E-state index contributed by atoms with van der Waals surface area (Å²) >= 11 is 0. The Morgan fingerprint density at radius 3 is 2.32 bits per heavy atom. The number of rotatable bonds is 4. The molecule has 4 aliphatic rings. The zero-order valence-electron chi connectivity index (χ0n) is 14.3. The second kappa shape index (κ2) is 5.83.